The van der Waals surface area contributed by atoms with Crippen LogP contribution < -0.4 is 9.62 Å². The van der Waals surface area contributed by atoms with Gasteiger partial charge in [0.2, 0.25) is 10.0 Å². The van der Waals surface area contributed by atoms with E-state index >= 15 is 0 Å². The first-order valence-electron chi connectivity index (χ1n) is 8.70. The predicted molar refractivity (Wildman–Crippen MR) is 104 cm³/mol. The maximum atomic E-state index is 12.5. The fourth-order valence-corrected chi connectivity index (χ4v) is 5.32. The van der Waals surface area contributed by atoms with Gasteiger partial charge < -0.3 is 5.32 Å². The lowest BCUT2D eigenvalue weighted by Crippen LogP contribution is -2.35. The number of anilines is 1. The highest BCUT2D eigenvalue weighted by Crippen LogP contribution is 2.30. The summed E-state index contributed by atoms with van der Waals surface area (Å²) in [5.41, 5.74) is 0.634. The molecule has 0 unspecified atom stereocenters. The van der Waals surface area contributed by atoms with E-state index in [1.54, 1.807) is 6.07 Å². The molecular weight excluding hydrogens is 356 g/mol. The van der Waals surface area contributed by atoms with Gasteiger partial charge in [-0.1, -0.05) is 19.3 Å². The van der Waals surface area contributed by atoms with E-state index in [-0.39, 0.29) is 11.9 Å². The molecule has 0 aliphatic heterocycles. The summed E-state index contributed by atoms with van der Waals surface area (Å²) >= 11 is 1.45. The van der Waals surface area contributed by atoms with E-state index in [1.165, 1.54) is 41.2 Å². The molecule has 2 aromatic rings. The minimum Gasteiger partial charge on any atom is -0.349 e. The first-order chi connectivity index (χ1) is 11.9. The van der Waals surface area contributed by atoms with Crippen molar-refractivity contribution >= 4 is 43.0 Å². The minimum atomic E-state index is -3.31. The van der Waals surface area contributed by atoms with E-state index in [0.717, 1.165) is 22.9 Å². The van der Waals surface area contributed by atoms with Gasteiger partial charge in [-0.15, -0.1) is 11.3 Å². The first-order valence-corrected chi connectivity index (χ1v) is 11.4. The van der Waals surface area contributed by atoms with E-state index in [9.17, 15) is 13.2 Å². The molecule has 25 heavy (non-hydrogen) atoms. The molecule has 1 saturated carbocycles. The summed E-state index contributed by atoms with van der Waals surface area (Å²) < 4.78 is 26.2. The number of nitrogens with one attached hydrogen (secondary N) is 1. The molecule has 1 N–H and O–H groups in total. The zero-order valence-electron chi connectivity index (χ0n) is 14.6. The highest BCUT2D eigenvalue weighted by molar-refractivity contribution is 7.92. The normalized spacial score (nSPS) is 16.1. The van der Waals surface area contributed by atoms with Crippen LogP contribution in [0.5, 0.6) is 0 Å². The van der Waals surface area contributed by atoms with Gasteiger partial charge in [-0.2, -0.15) is 0 Å². The summed E-state index contributed by atoms with van der Waals surface area (Å²) in [6.45, 7) is 2.19. The van der Waals surface area contributed by atoms with Crippen molar-refractivity contribution in [1.29, 1.82) is 0 Å². The van der Waals surface area contributed by atoms with Crippen LogP contribution in [0.2, 0.25) is 0 Å². The Morgan fingerprint density at radius 2 is 1.96 bits per heavy atom. The number of fused-ring (bicyclic) bond motifs is 1. The van der Waals surface area contributed by atoms with Gasteiger partial charge in [0.25, 0.3) is 5.91 Å². The van der Waals surface area contributed by atoms with Crippen molar-refractivity contribution in [2.45, 2.75) is 45.1 Å². The van der Waals surface area contributed by atoms with E-state index in [4.69, 9.17) is 0 Å². The lowest BCUT2D eigenvalue weighted by molar-refractivity contribution is 0.0932. The van der Waals surface area contributed by atoms with Gasteiger partial charge in [0.05, 0.1) is 16.8 Å². The summed E-state index contributed by atoms with van der Waals surface area (Å²) in [4.78, 5) is 13.2. The lowest BCUT2D eigenvalue weighted by atomic mass is 9.95. The predicted octanol–water partition coefficient (Wildman–Crippen LogP) is 3.75. The number of hydrogen-bond acceptors (Lipinski definition) is 4. The number of nitrogens with zero attached hydrogens (tertiary/aromatic N) is 1. The van der Waals surface area contributed by atoms with E-state index in [2.05, 4.69) is 5.32 Å². The molecule has 0 radical (unpaired) electrons. The fraction of sp³-hybridized carbons (Fsp3) is 0.500. The van der Waals surface area contributed by atoms with Gasteiger partial charge in [-0.05, 0) is 49.4 Å². The monoisotopic (exact) mass is 380 g/mol. The number of amides is 1. The molecule has 0 saturated heterocycles. The second kappa shape index (κ2) is 7.33. The van der Waals surface area contributed by atoms with Crippen molar-refractivity contribution < 1.29 is 13.2 Å². The largest absolute Gasteiger partial charge is 0.349 e. The van der Waals surface area contributed by atoms with Crippen LogP contribution in [0.15, 0.2) is 24.3 Å². The molecular formula is C18H24N2O3S2. The molecule has 1 amide bonds. The summed E-state index contributed by atoms with van der Waals surface area (Å²) in [6.07, 6.45) is 6.93. The van der Waals surface area contributed by atoms with Crippen molar-refractivity contribution in [2.24, 2.45) is 0 Å². The summed E-state index contributed by atoms with van der Waals surface area (Å²) in [5.74, 6) is -0.0230. The Morgan fingerprint density at radius 1 is 1.24 bits per heavy atom. The third-order valence-corrected chi connectivity index (χ3v) is 7.02. The lowest BCUT2D eigenvalue weighted by Gasteiger charge is -2.22. The number of sulfonamides is 1. The molecule has 0 bridgehead atoms. The van der Waals surface area contributed by atoms with Crippen molar-refractivity contribution in [2.75, 3.05) is 17.1 Å². The quantitative estimate of drug-likeness (QED) is 0.859. The van der Waals surface area contributed by atoms with Crippen molar-refractivity contribution in [3.63, 3.8) is 0 Å². The van der Waals surface area contributed by atoms with Gasteiger partial charge >= 0.3 is 0 Å². The highest BCUT2D eigenvalue weighted by Gasteiger charge is 2.19. The second-order valence-electron chi connectivity index (χ2n) is 6.57. The molecule has 1 heterocycles. The molecule has 7 heteroatoms. The Hall–Kier alpha value is -1.60. The van der Waals surface area contributed by atoms with E-state index < -0.39 is 10.0 Å². The maximum absolute atomic E-state index is 12.5. The van der Waals surface area contributed by atoms with Gasteiger partial charge in [0.1, 0.15) is 0 Å². The second-order valence-corrected chi connectivity index (χ2v) is 9.56. The third-order valence-electron chi connectivity index (χ3n) is 4.64. The molecule has 136 valence electrons. The number of thiophene rings is 1. The van der Waals surface area contributed by atoms with E-state index in [1.807, 2.05) is 25.1 Å². The summed E-state index contributed by atoms with van der Waals surface area (Å²) in [6, 6.07) is 7.67. The van der Waals surface area contributed by atoms with Gasteiger partial charge in [-0.3, -0.25) is 9.10 Å². The van der Waals surface area contributed by atoms with Crippen molar-refractivity contribution in [3.05, 3.63) is 29.1 Å². The highest BCUT2D eigenvalue weighted by atomic mass is 32.2. The zero-order chi connectivity index (χ0) is 18.0. The Kier molecular flexibility index (Phi) is 5.34. The molecule has 0 atom stereocenters. The SMILES string of the molecule is CCN(c1ccc2sc(C(=O)NC3CCCCC3)cc2c1)S(C)(=O)=O. The average Bonchev–Trinajstić information content (AvgIpc) is 2.98. The summed E-state index contributed by atoms with van der Waals surface area (Å²) in [5, 5.41) is 4.04. The molecule has 5 nitrogen and oxygen atoms in total. The van der Waals surface area contributed by atoms with Gasteiger partial charge in [0.15, 0.2) is 0 Å². The van der Waals surface area contributed by atoms with Crippen LogP contribution in [0.3, 0.4) is 0 Å². The Labute approximate surface area is 153 Å². The standard InChI is InChI=1S/C18H24N2O3S2/c1-3-20(25(2,22)23)15-9-10-16-13(11-15)12-17(24-16)18(21)19-14-7-5-4-6-8-14/h9-12,14H,3-8H2,1-2H3,(H,19,21). The van der Waals surface area contributed by atoms with Crippen LogP contribution in [0.4, 0.5) is 5.69 Å². The molecule has 1 aromatic heterocycles. The fourth-order valence-electron chi connectivity index (χ4n) is 3.41. The molecule has 0 spiro atoms. The van der Waals surface area contributed by atoms with Crippen LogP contribution in [0.1, 0.15) is 48.7 Å². The van der Waals surface area contributed by atoms with Crippen LogP contribution in [0, 0.1) is 0 Å². The molecule has 1 aliphatic carbocycles. The molecule has 1 aromatic carbocycles. The van der Waals surface area contributed by atoms with Crippen molar-refractivity contribution in [1.82, 2.24) is 5.32 Å². The number of hydrogen-bond donors (Lipinski definition) is 1. The van der Waals surface area contributed by atoms with Crippen molar-refractivity contribution in [3.8, 4) is 0 Å². The van der Waals surface area contributed by atoms with Gasteiger partial charge in [0, 0.05) is 17.3 Å². The minimum absolute atomic E-state index is 0.0230. The van der Waals surface area contributed by atoms with Crippen LogP contribution in [0.25, 0.3) is 10.1 Å². The van der Waals surface area contributed by atoms with Crippen LogP contribution >= 0.6 is 11.3 Å². The Bertz CT molecular complexity index is 868. The maximum Gasteiger partial charge on any atom is 0.261 e. The number of rotatable bonds is 5. The number of carbonyl (C=O) groups is 1. The number of carbonyl (C=O) groups excluding carboxylic acids is 1. The Morgan fingerprint density at radius 3 is 2.60 bits per heavy atom. The third kappa shape index (κ3) is 4.15. The first kappa shape index (κ1) is 18.2. The molecule has 3 rings (SSSR count). The van der Waals surface area contributed by atoms with Gasteiger partial charge in [-0.25, -0.2) is 8.42 Å². The zero-order valence-corrected chi connectivity index (χ0v) is 16.3. The smallest absolute Gasteiger partial charge is 0.261 e. The average molecular weight is 381 g/mol. The topological polar surface area (TPSA) is 66.5 Å². The Balaban J connectivity index is 1.83. The van der Waals surface area contributed by atoms with E-state index in [0.29, 0.717) is 17.1 Å². The number of benzene rings is 1. The van der Waals surface area contributed by atoms with Crippen LogP contribution in [-0.2, 0) is 10.0 Å². The summed E-state index contributed by atoms with van der Waals surface area (Å²) in [7, 11) is -3.31. The molecule has 1 aliphatic rings. The van der Waals surface area contributed by atoms with Crippen LogP contribution in [-0.4, -0.2) is 33.2 Å². The molecule has 1 fully saturated rings.